The van der Waals surface area contributed by atoms with Crippen LogP contribution < -0.4 is 13.9 Å². The molecule has 0 aromatic carbocycles. The first-order valence-corrected chi connectivity index (χ1v) is 9.89. The standard InChI is InChI=1S/C20H18IN3O4/c21-28-18-14-7-1-2-8-15(14)24(12-13-6-5-11-27-13)20(26)17(18)19(25)23-16-9-3-4-10-22-16/h3-6,9-11H,1-2,7-8,12H2,(H,22,23,25). The summed E-state index contributed by atoms with van der Waals surface area (Å²) in [4.78, 5) is 30.4. The Morgan fingerprint density at radius 2 is 2.11 bits per heavy atom. The molecular weight excluding hydrogens is 473 g/mol. The first-order valence-electron chi connectivity index (χ1n) is 9.01. The largest absolute Gasteiger partial charge is 0.467 e. The molecule has 8 heteroatoms. The van der Waals surface area contributed by atoms with Crippen LogP contribution in [0.1, 0.15) is 40.2 Å². The summed E-state index contributed by atoms with van der Waals surface area (Å²) in [5, 5.41) is 2.70. The summed E-state index contributed by atoms with van der Waals surface area (Å²) < 4.78 is 12.6. The van der Waals surface area contributed by atoms with Crippen molar-refractivity contribution in [3.05, 3.63) is 75.7 Å². The molecule has 0 aliphatic heterocycles. The Bertz CT molecular complexity index is 1050. The maximum atomic E-state index is 13.3. The van der Waals surface area contributed by atoms with Gasteiger partial charge in [0.2, 0.25) is 0 Å². The molecule has 3 aromatic heterocycles. The van der Waals surface area contributed by atoms with Crippen LogP contribution in [0.3, 0.4) is 0 Å². The minimum atomic E-state index is -0.531. The van der Waals surface area contributed by atoms with Crippen LogP contribution in [0.2, 0.25) is 0 Å². The van der Waals surface area contributed by atoms with Gasteiger partial charge >= 0.3 is 0 Å². The average Bonchev–Trinajstić information content (AvgIpc) is 3.23. The molecule has 144 valence electrons. The fraction of sp³-hybridized carbons (Fsp3) is 0.250. The molecule has 0 saturated heterocycles. The normalized spacial score (nSPS) is 13.0. The molecule has 0 bridgehead atoms. The van der Waals surface area contributed by atoms with Gasteiger partial charge in [0.15, 0.2) is 28.8 Å². The van der Waals surface area contributed by atoms with Crippen LogP contribution in [0.25, 0.3) is 0 Å². The number of carbonyl (C=O) groups excluding carboxylic acids is 1. The minimum Gasteiger partial charge on any atom is -0.467 e. The zero-order valence-electron chi connectivity index (χ0n) is 15.0. The van der Waals surface area contributed by atoms with Crippen molar-refractivity contribution in [2.24, 2.45) is 0 Å². The van der Waals surface area contributed by atoms with E-state index in [1.54, 1.807) is 64.3 Å². The van der Waals surface area contributed by atoms with Gasteiger partial charge in [-0.15, -0.1) is 0 Å². The Morgan fingerprint density at radius 3 is 2.82 bits per heavy atom. The van der Waals surface area contributed by atoms with Crippen LogP contribution in [0.5, 0.6) is 5.75 Å². The number of furan rings is 1. The van der Waals surface area contributed by atoms with E-state index in [2.05, 4.69) is 10.3 Å². The van der Waals surface area contributed by atoms with Crippen molar-refractivity contribution in [3.63, 3.8) is 0 Å². The third-order valence-electron chi connectivity index (χ3n) is 4.83. The Balaban J connectivity index is 1.84. The van der Waals surface area contributed by atoms with Gasteiger partial charge in [0.1, 0.15) is 17.1 Å². The highest BCUT2D eigenvalue weighted by atomic mass is 127. The molecule has 3 aromatic rings. The van der Waals surface area contributed by atoms with Crippen molar-refractivity contribution in [2.45, 2.75) is 32.2 Å². The van der Waals surface area contributed by atoms with Gasteiger partial charge in [0, 0.05) is 17.5 Å². The van der Waals surface area contributed by atoms with Gasteiger partial charge in [-0.05, 0) is 49.9 Å². The van der Waals surface area contributed by atoms with Crippen molar-refractivity contribution < 1.29 is 12.3 Å². The minimum absolute atomic E-state index is 0.00717. The number of nitrogens with zero attached hydrogens (tertiary/aromatic N) is 2. The summed E-state index contributed by atoms with van der Waals surface area (Å²) in [6, 6.07) is 8.79. The van der Waals surface area contributed by atoms with Crippen molar-refractivity contribution in [3.8, 4) is 5.75 Å². The predicted molar refractivity (Wildman–Crippen MR) is 112 cm³/mol. The van der Waals surface area contributed by atoms with Gasteiger partial charge in [0.25, 0.3) is 11.5 Å². The zero-order valence-corrected chi connectivity index (χ0v) is 17.1. The van der Waals surface area contributed by atoms with Crippen LogP contribution in [-0.4, -0.2) is 15.5 Å². The summed E-state index contributed by atoms with van der Waals surface area (Å²) in [7, 11) is 0. The van der Waals surface area contributed by atoms with Crippen LogP contribution >= 0.6 is 23.0 Å². The van der Waals surface area contributed by atoms with Gasteiger partial charge < -0.3 is 17.4 Å². The fourth-order valence-corrected chi connectivity index (χ4v) is 4.05. The summed E-state index contributed by atoms with van der Waals surface area (Å²) in [5.74, 6) is 0.858. The van der Waals surface area contributed by atoms with E-state index >= 15 is 0 Å². The van der Waals surface area contributed by atoms with Crippen LogP contribution in [0.4, 0.5) is 5.82 Å². The Kier molecular flexibility index (Phi) is 5.47. The second-order valence-electron chi connectivity index (χ2n) is 6.55. The number of anilines is 1. The fourth-order valence-electron chi connectivity index (χ4n) is 3.56. The second-order valence-corrected chi connectivity index (χ2v) is 6.99. The number of fused-ring (bicyclic) bond motifs is 1. The van der Waals surface area contributed by atoms with Crippen molar-refractivity contribution in [2.75, 3.05) is 5.32 Å². The van der Waals surface area contributed by atoms with Crippen molar-refractivity contribution in [1.82, 2.24) is 9.55 Å². The van der Waals surface area contributed by atoms with Gasteiger partial charge in [-0.2, -0.15) is 0 Å². The van der Waals surface area contributed by atoms with E-state index < -0.39 is 11.5 Å². The molecular formula is C20H18IN3O4. The number of amides is 1. The molecule has 0 spiro atoms. The van der Waals surface area contributed by atoms with E-state index in [0.29, 0.717) is 17.3 Å². The van der Waals surface area contributed by atoms with E-state index in [1.165, 1.54) is 0 Å². The Labute approximate surface area is 175 Å². The number of hydrogen-bond donors (Lipinski definition) is 1. The molecule has 7 nitrogen and oxygen atoms in total. The van der Waals surface area contributed by atoms with E-state index in [-0.39, 0.29) is 12.1 Å². The number of nitrogens with one attached hydrogen (secondary N) is 1. The molecule has 3 heterocycles. The number of carbonyl (C=O) groups is 1. The average molecular weight is 491 g/mol. The van der Waals surface area contributed by atoms with Gasteiger partial charge in [-0.25, -0.2) is 4.98 Å². The van der Waals surface area contributed by atoms with Gasteiger partial charge in [0.05, 0.1) is 12.8 Å². The maximum absolute atomic E-state index is 13.3. The summed E-state index contributed by atoms with van der Waals surface area (Å²) in [5.41, 5.74) is 1.43. The SMILES string of the molecule is O=C(Nc1ccccn1)c1c(OI)c2c(n(Cc3ccco3)c1=O)CCCC2. The lowest BCUT2D eigenvalue weighted by atomic mass is 9.93. The Morgan fingerprint density at radius 1 is 1.25 bits per heavy atom. The predicted octanol–water partition coefficient (Wildman–Crippen LogP) is 3.74. The molecule has 28 heavy (non-hydrogen) atoms. The van der Waals surface area contributed by atoms with Gasteiger partial charge in [-0.3, -0.25) is 9.59 Å². The summed E-state index contributed by atoms with van der Waals surface area (Å²) in [6.07, 6.45) is 6.65. The van der Waals surface area contributed by atoms with E-state index in [1.807, 2.05) is 6.07 Å². The van der Waals surface area contributed by atoms with E-state index in [4.69, 9.17) is 7.48 Å². The monoisotopic (exact) mass is 491 g/mol. The molecule has 0 atom stereocenters. The smallest absolute Gasteiger partial charge is 0.267 e. The van der Waals surface area contributed by atoms with Crippen molar-refractivity contribution >= 4 is 34.7 Å². The quantitative estimate of drug-likeness (QED) is 0.550. The number of rotatable bonds is 5. The Hall–Kier alpha value is -2.62. The molecule has 4 rings (SSSR count). The molecule has 0 saturated carbocycles. The third-order valence-corrected chi connectivity index (χ3v) is 5.27. The highest BCUT2D eigenvalue weighted by molar-refractivity contribution is 14.1. The highest BCUT2D eigenvalue weighted by Gasteiger charge is 2.29. The topological polar surface area (TPSA) is 86.4 Å². The molecule has 1 N–H and O–H groups in total. The van der Waals surface area contributed by atoms with Gasteiger partial charge in [-0.1, -0.05) is 6.07 Å². The molecule has 0 radical (unpaired) electrons. The number of hydrogen-bond acceptors (Lipinski definition) is 5. The lowest BCUT2D eigenvalue weighted by Crippen LogP contribution is -2.34. The summed E-state index contributed by atoms with van der Waals surface area (Å²) >= 11 is 1.74. The van der Waals surface area contributed by atoms with E-state index in [9.17, 15) is 9.59 Å². The third kappa shape index (κ3) is 3.56. The van der Waals surface area contributed by atoms with Crippen LogP contribution in [0.15, 0.2) is 52.0 Å². The van der Waals surface area contributed by atoms with E-state index in [0.717, 1.165) is 36.9 Å². The number of pyridine rings is 2. The maximum Gasteiger partial charge on any atom is 0.267 e. The second kappa shape index (κ2) is 8.17. The number of aromatic nitrogens is 2. The number of halogens is 1. The molecule has 0 fully saturated rings. The van der Waals surface area contributed by atoms with Crippen LogP contribution in [0, 0.1) is 0 Å². The first kappa shape index (κ1) is 18.7. The summed E-state index contributed by atoms with van der Waals surface area (Å²) in [6.45, 7) is 0.277. The van der Waals surface area contributed by atoms with Crippen molar-refractivity contribution in [1.29, 1.82) is 0 Å². The first-order chi connectivity index (χ1) is 13.7. The molecule has 1 aliphatic rings. The molecule has 1 aliphatic carbocycles. The highest BCUT2D eigenvalue weighted by Crippen LogP contribution is 2.33. The lowest BCUT2D eigenvalue weighted by Gasteiger charge is -2.24. The molecule has 1 amide bonds. The zero-order chi connectivity index (χ0) is 19.5. The molecule has 0 unspecified atom stereocenters. The lowest BCUT2D eigenvalue weighted by molar-refractivity contribution is 0.102. The van der Waals surface area contributed by atoms with Crippen LogP contribution in [-0.2, 0) is 19.4 Å².